The zero-order valence-corrected chi connectivity index (χ0v) is 17.1. The highest BCUT2D eigenvalue weighted by atomic mass is 32.1. The first-order chi connectivity index (χ1) is 15.2. The van der Waals surface area contributed by atoms with E-state index in [-0.39, 0.29) is 11.6 Å². The van der Waals surface area contributed by atoms with Gasteiger partial charge in [-0.3, -0.25) is 0 Å². The van der Waals surface area contributed by atoms with Gasteiger partial charge in [0.2, 0.25) is 0 Å². The van der Waals surface area contributed by atoms with Gasteiger partial charge in [-0.05, 0) is 30.3 Å². The molecule has 5 aromatic rings. The second kappa shape index (κ2) is 8.12. The van der Waals surface area contributed by atoms with Crippen molar-refractivity contribution in [3.8, 4) is 27.7 Å². The molecule has 0 saturated heterocycles. The Bertz CT molecular complexity index is 1370. The Hall–Kier alpha value is -3.84. The maximum Gasteiger partial charge on any atom is 0.165 e. The lowest BCUT2D eigenvalue weighted by atomic mass is 10.1. The lowest BCUT2D eigenvalue weighted by Gasteiger charge is -2.11. The molecule has 2 aromatic heterocycles. The number of nitrogens with zero attached hydrogens (tertiary/aromatic N) is 3. The van der Waals surface area contributed by atoms with Crippen LogP contribution in [0.1, 0.15) is 5.69 Å². The number of hydrogen-bond acceptors (Lipinski definition) is 6. The quantitative estimate of drug-likeness (QED) is 0.366. The van der Waals surface area contributed by atoms with Crippen molar-refractivity contribution in [3.63, 3.8) is 0 Å². The van der Waals surface area contributed by atoms with Gasteiger partial charge >= 0.3 is 0 Å². The van der Waals surface area contributed by atoms with Gasteiger partial charge in [-0.2, -0.15) is 0 Å². The first-order valence-corrected chi connectivity index (χ1v) is 10.5. The number of phenols is 1. The van der Waals surface area contributed by atoms with Gasteiger partial charge in [0.25, 0.3) is 0 Å². The van der Waals surface area contributed by atoms with Crippen LogP contribution in [0.4, 0.5) is 10.2 Å². The topological polar surface area (TPSA) is 70.9 Å². The molecule has 0 saturated carbocycles. The summed E-state index contributed by atoms with van der Waals surface area (Å²) in [4.78, 5) is 13.8. The standard InChI is InChI=1S/C24H17FN4OS/c25-16-10-11-20-19(12-16)22(29-23(28-20)18-8-4-5-9-21(18)30)26-13-17-14-31-24(27-17)15-6-2-1-3-7-15/h1-12,14,30H,13H2,(H,26,28,29). The Balaban J connectivity index is 1.49. The predicted molar refractivity (Wildman–Crippen MR) is 121 cm³/mol. The van der Waals surface area contributed by atoms with E-state index in [2.05, 4.69) is 20.3 Å². The van der Waals surface area contributed by atoms with Crippen molar-refractivity contribution in [3.05, 3.63) is 89.7 Å². The van der Waals surface area contributed by atoms with E-state index in [9.17, 15) is 9.50 Å². The van der Waals surface area contributed by atoms with Gasteiger partial charge in [-0.15, -0.1) is 11.3 Å². The fourth-order valence-corrected chi connectivity index (χ4v) is 4.12. The van der Waals surface area contributed by atoms with Crippen LogP contribution in [0.3, 0.4) is 0 Å². The average Bonchev–Trinajstić information content (AvgIpc) is 3.27. The molecule has 0 amide bonds. The van der Waals surface area contributed by atoms with Crippen LogP contribution in [0, 0.1) is 5.82 Å². The normalized spacial score (nSPS) is 11.0. The summed E-state index contributed by atoms with van der Waals surface area (Å²) in [7, 11) is 0. The first kappa shape index (κ1) is 19.1. The lowest BCUT2D eigenvalue weighted by molar-refractivity contribution is 0.477. The molecule has 0 radical (unpaired) electrons. The molecule has 0 aliphatic heterocycles. The van der Waals surface area contributed by atoms with E-state index < -0.39 is 0 Å². The molecule has 152 valence electrons. The molecule has 31 heavy (non-hydrogen) atoms. The van der Waals surface area contributed by atoms with Crippen molar-refractivity contribution in [2.24, 2.45) is 0 Å². The molecule has 0 fully saturated rings. The molecule has 5 rings (SSSR count). The summed E-state index contributed by atoms with van der Waals surface area (Å²) in [6, 6.07) is 21.2. The molecule has 0 atom stereocenters. The number of fused-ring (bicyclic) bond motifs is 1. The van der Waals surface area contributed by atoms with Crippen molar-refractivity contribution in [2.45, 2.75) is 6.54 Å². The summed E-state index contributed by atoms with van der Waals surface area (Å²) in [5.74, 6) is 0.566. The number of phenolic OH excluding ortho intramolecular Hbond substituents is 1. The number of thiazole rings is 1. The summed E-state index contributed by atoms with van der Waals surface area (Å²) in [5, 5.41) is 17.0. The van der Waals surface area contributed by atoms with Crippen LogP contribution in [0.2, 0.25) is 0 Å². The van der Waals surface area contributed by atoms with Crippen molar-refractivity contribution >= 4 is 28.1 Å². The molecule has 0 bridgehead atoms. The Kier molecular flexibility index (Phi) is 5.01. The number of benzene rings is 3. The SMILES string of the molecule is Oc1ccccc1-c1nc(NCc2csc(-c3ccccc3)n2)c2cc(F)ccc2n1. The van der Waals surface area contributed by atoms with Crippen molar-refractivity contribution in [1.82, 2.24) is 15.0 Å². The minimum absolute atomic E-state index is 0.0851. The van der Waals surface area contributed by atoms with E-state index >= 15 is 0 Å². The predicted octanol–water partition coefficient (Wildman–Crippen LogP) is 5.88. The van der Waals surface area contributed by atoms with Crippen LogP contribution in [-0.4, -0.2) is 20.1 Å². The van der Waals surface area contributed by atoms with Gasteiger partial charge in [0.15, 0.2) is 5.82 Å². The number of halogens is 1. The van der Waals surface area contributed by atoms with Crippen LogP contribution in [0.25, 0.3) is 32.9 Å². The van der Waals surface area contributed by atoms with Crippen molar-refractivity contribution in [2.75, 3.05) is 5.32 Å². The summed E-state index contributed by atoms with van der Waals surface area (Å²) in [5.41, 5.74) is 3.02. The summed E-state index contributed by atoms with van der Waals surface area (Å²) in [6.07, 6.45) is 0. The average molecular weight is 428 g/mol. The number of nitrogens with one attached hydrogen (secondary N) is 1. The molecule has 3 aromatic carbocycles. The zero-order valence-electron chi connectivity index (χ0n) is 16.3. The third-order valence-corrected chi connectivity index (χ3v) is 5.75. The molecule has 2 heterocycles. The molecule has 0 spiro atoms. The summed E-state index contributed by atoms with van der Waals surface area (Å²) >= 11 is 1.57. The molecule has 2 N–H and O–H groups in total. The molecule has 0 aliphatic rings. The smallest absolute Gasteiger partial charge is 0.165 e. The van der Waals surface area contributed by atoms with Crippen LogP contribution in [-0.2, 0) is 6.54 Å². The summed E-state index contributed by atoms with van der Waals surface area (Å²) < 4.78 is 13.9. The van der Waals surface area contributed by atoms with Crippen LogP contribution >= 0.6 is 11.3 Å². The molecular formula is C24H17FN4OS. The van der Waals surface area contributed by atoms with E-state index in [0.717, 1.165) is 16.3 Å². The highest BCUT2D eigenvalue weighted by Gasteiger charge is 2.13. The highest BCUT2D eigenvalue weighted by molar-refractivity contribution is 7.13. The Labute approximate surface area is 181 Å². The van der Waals surface area contributed by atoms with Gasteiger partial charge in [0.05, 0.1) is 23.3 Å². The zero-order chi connectivity index (χ0) is 21.2. The minimum atomic E-state index is -0.366. The largest absolute Gasteiger partial charge is 0.507 e. The number of para-hydroxylation sites is 1. The van der Waals surface area contributed by atoms with E-state index in [1.54, 1.807) is 41.7 Å². The molecule has 0 aliphatic carbocycles. The first-order valence-electron chi connectivity index (χ1n) is 9.67. The van der Waals surface area contributed by atoms with E-state index in [1.807, 2.05) is 35.7 Å². The summed E-state index contributed by atoms with van der Waals surface area (Å²) in [6.45, 7) is 0.423. The Morgan fingerprint density at radius 1 is 0.903 bits per heavy atom. The maximum absolute atomic E-state index is 13.9. The number of rotatable bonds is 5. The van der Waals surface area contributed by atoms with Gasteiger partial charge in [0, 0.05) is 16.3 Å². The van der Waals surface area contributed by atoms with Gasteiger partial charge < -0.3 is 10.4 Å². The molecule has 5 nitrogen and oxygen atoms in total. The lowest BCUT2D eigenvalue weighted by Crippen LogP contribution is -2.05. The molecule has 0 unspecified atom stereocenters. The van der Waals surface area contributed by atoms with E-state index in [1.165, 1.54) is 12.1 Å². The van der Waals surface area contributed by atoms with Crippen molar-refractivity contribution < 1.29 is 9.50 Å². The van der Waals surface area contributed by atoms with Crippen LogP contribution < -0.4 is 5.32 Å². The van der Waals surface area contributed by atoms with E-state index in [4.69, 9.17) is 0 Å². The second-order valence-corrected chi connectivity index (χ2v) is 7.80. The van der Waals surface area contributed by atoms with Crippen LogP contribution in [0.5, 0.6) is 5.75 Å². The fourth-order valence-electron chi connectivity index (χ4n) is 3.29. The van der Waals surface area contributed by atoms with Gasteiger partial charge in [-0.1, -0.05) is 42.5 Å². The second-order valence-electron chi connectivity index (χ2n) is 6.94. The van der Waals surface area contributed by atoms with E-state index in [0.29, 0.717) is 34.7 Å². The minimum Gasteiger partial charge on any atom is -0.507 e. The molecular weight excluding hydrogens is 411 g/mol. The fraction of sp³-hybridized carbons (Fsp3) is 0.0417. The third kappa shape index (κ3) is 3.95. The van der Waals surface area contributed by atoms with Crippen molar-refractivity contribution in [1.29, 1.82) is 0 Å². The van der Waals surface area contributed by atoms with Gasteiger partial charge in [-0.25, -0.2) is 19.3 Å². The molecule has 7 heteroatoms. The Morgan fingerprint density at radius 3 is 2.55 bits per heavy atom. The number of aromatic nitrogens is 3. The van der Waals surface area contributed by atoms with Gasteiger partial charge in [0.1, 0.15) is 22.4 Å². The number of aromatic hydroxyl groups is 1. The highest BCUT2D eigenvalue weighted by Crippen LogP contribution is 2.31. The third-order valence-electron chi connectivity index (χ3n) is 4.81. The number of hydrogen-bond donors (Lipinski definition) is 2. The number of anilines is 1. The maximum atomic E-state index is 13.9. The van der Waals surface area contributed by atoms with Crippen LogP contribution in [0.15, 0.2) is 78.2 Å². The Morgan fingerprint density at radius 2 is 1.71 bits per heavy atom. The monoisotopic (exact) mass is 428 g/mol.